The summed E-state index contributed by atoms with van der Waals surface area (Å²) in [5.74, 6) is -0.196. The molecule has 3 N–H and O–H groups in total. The van der Waals surface area contributed by atoms with Crippen molar-refractivity contribution in [2.24, 2.45) is 0 Å². The lowest BCUT2D eigenvalue weighted by Gasteiger charge is -2.18. The molecule has 0 saturated carbocycles. The van der Waals surface area contributed by atoms with Gasteiger partial charge in [0.05, 0.1) is 42.0 Å². The smallest absolute Gasteiger partial charge is 0.381 e. The molecular formula is C27H24F4N6O2. The fourth-order valence-corrected chi connectivity index (χ4v) is 5.18. The van der Waals surface area contributed by atoms with Gasteiger partial charge in [0.25, 0.3) is 5.91 Å². The van der Waals surface area contributed by atoms with Crippen LogP contribution in [0.15, 0.2) is 48.8 Å². The minimum atomic E-state index is -4.34. The summed E-state index contributed by atoms with van der Waals surface area (Å²) in [6.45, 7) is 0.195. The van der Waals surface area contributed by atoms with E-state index in [1.54, 1.807) is 28.9 Å². The lowest BCUT2D eigenvalue weighted by Crippen LogP contribution is -2.29. The van der Waals surface area contributed by atoms with Crippen LogP contribution in [0.3, 0.4) is 0 Å². The van der Waals surface area contributed by atoms with Gasteiger partial charge in [-0.3, -0.25) is 9.20 Å². The first-order valence-electron chi connectivity index (χ1n) is 12.5. The SMILES string of the molecule is O=C1NCc2c(-c3cnc4cc(F)ccn34)ccc(Nc3ccc(C4CCOC4)c(CNCC(F)(F)F)n3)c21. The first-order valence-corrected chi connectivity index (χ1v) is 12.5. The van der Waals surface area contributed by atoms with Crippen LogP contribution in [0.4, 0.5) is 29.1 Å². The monoisotopic (exact) mass is 540 g/mol. The molecule has 0 aliphatic carbocycles. The fourth-order valence-electron chi connectivity index (χ4n) is 5.18. The molecule has 8 nitrogen and oxygen atoms in total. The Morgan fingerprint density at radius 3 is 2.85 bits per heavy atom. The van der Waals surface area contributed by atoms with E-state index < -0.39 is 18.5 Å². The predicted molar refractivity (Wildman–Crippen MR) is 135 cm³/mol. The number of nitrogens with one attached hydrogen (secondary N) is 3. The minimum Gasteiger partial charge on any atom is -0.381 e. The van der Waals surface area contributed by atoms with Crippen LogP contribution < -0.4 is 16.0 Å². The molecule has 5 heterocycles. The van der Waals surface area contributed by atoms with E-state index in [1.807, 2.05) is 12.1 Å². The van der Waals surface area contributed by atoms with Crippen molar-refractivity contribution in [3.05, 3.63) is 77.0 Å². The van der Waals surface area contributed by atoms with Crippen LogP contribution in [0.25, 0.3) is 16.9 Å². The first-order chi connectivity index (χ1) is 18.8. The number of fused-ring (bicyclic) bond motifs is 2. The van der Waals surface area contributed by atoms with E-state index in [-0.39, 0.29) is 18.4 Å². The molecule has 202 valence electrons. The number of alkyl halides is 3. The van der Waals surface area contributed by atoms with Gasteiger partial charge in [-0.25, -0.2) is 14.4 Å². The number of halogens is 4. The molecule has 0 radical (unpaired) electrons. The number of carbonyl (C=O) groups is 1. The largest absolute Gasteiger partial charge is 0.401 e. The van der Waals surface area contributed by atoms with Crippen LogP contribution in [0.1, 0.15) is 39.5 Å². The Balaban J connectivity index is 1.33. The van der Waals surface area contributed by atoms with Crippen molar-refractivity contribution in [3.8, 4) is 11.3 Å². The molecule has 39 heavy (non-hydrogen) atoms. The third kappa shape index (κ3) is 5.04. The Hall–Kier alpha value is -4.03. The average Bonchev–Trinajstić information content (AvgIpc) is 3.64. The summed E-state index contributed by atoms with van der Waals surface area (Å²) in [7, 11) is 0. The molecule has 3 aromatic heterocycles. The summed E-state index contributed by atoms with van der Waals surface area (Å²) in [5.41, 5.74) is 4.98. The number of rotatable bonds is 7. The van der Waals surface area contributed by atoms with E-state index in [0.29, 0.717) is 53.9 Å². The third-order valence-corrected chi connectivity index (χ3v) is 6.98. The van der Waals surface area contributed by atoms with Gasteiger partial charge in [-0.05, 0) is 35.7 Å². The lowest BCUT2D eigenvalue weighted by molar-refractivity contribution is -0.125. The number of benzene rings is 1. The Morgan fingerprint density at radius 1 is 1.18 bits per heavy atom. The molecule has 1 aromatic carbocycles. The average molecular weight is 541 g/mol. The molecule has 0 bridgehead atoms. The highest BCUT2D eigenvalue weighted by atomic mass is 19.4. The van der Waals surface area contributed by atoms with Gasteiger partial charge < -0.3 is 20.7 Å². The maximum Gasteiger partial charge on any atom is 0.401 e. The number of imidazole rings is 1. The van der Waals surface area contributed by atoms with Crippen LogP contribution in [-0.2, 0) is 17.8 Å². The number of nitrogens with zero attached hydrogens (tertiary/aromatic N) is 3. The maximum atomic E-state index is 13.7. The Morgan fingerprint density at radius 2 is 2.05 bits per heavy atom. The van der Waals surface area contributed by atoms with Crippen LogP contribution in [0, 0.1) is 5.82 Å². The molecule has 4 aromatic rings. The summed E-state index contributed by atoms with van der Waals surface area (Å²) in [6, 6.07) is 9.88. The normalized spacial score (nSPS) is 17.0. The van der Waals surface area contributed by atoms with Gasteiger partial charge in [0.15, 0.2) is 0 Å². The molecule has 6 rings (SSSR count). The number of pyridine rings is 2. The highest BCUT2D eigenvalue weighted by Crippen LogP contribution is 2.36. The molecule has 1 unspecified atom stereocenters. The zero-order valence-electron chi connectivity index (χ0n) is 20.6. The number of anilines is 2. The fraction of sp³-hybridized carbons (Fsp3) is 0.296. The van der Waals surface area contributed by atoms with Crippen molar-refractivity contribution in [2.45, 2.75) is 31.6 Å². The summed E-state index contributed by atoms with van der Waals surface area (Å²) >= 11 is 0. The second kappa shape index (κ2) is 9.93. The molecule has 2 aliphatic heterocycles. The number of amides is 1. The molecule has 2 aliphatic rings. The zero-order chi connectivity index (χ0) is 27.1. The number of carbonyl (C=O) groups excluding carboxylic acids is 1. The number of ether oxygens (including phenoxy) is 1. The number of aromatic nitrogens is 3. The maximum absolute atomic E-state index is 13.7. The van der Waals surface area contributed by atoms with Crippen molar-refractivity contribution in [3.63, 3.8) is 0 Å². The lowest BCUT2D eigenvalue weighted by atomic mass is 9.96. The zero-order valence-corrected chi connectivity index (χ0v) is 20.6. The van der Waals surface area contributed by atoms with Crippen molar-refractivity contribution >= 4 is 23.1 Å². The Bertz CT molecular complexity index is 1560. The number of hydrogen-bond acceptors (Lipinski definition) is 6. The number of hydrogen-bond donors (Lipinski definition) is 3. The van der Waals surface area contributed by atoms with Gasteiger partial charge in [-0.2, -0.15) is 13.2 Å². The van der Waals surface area contributed by atoms with Gasteiger partial charge in [-0.15, -0.1) is 0 Å². The summed E-state index contributed by atoms with van der Waals surface area (Å²) in [6.07, 6.45) is -0.346. The molecule has 0 spiro atoms. The summed E-state index contributed by atoms with van der Waals surface area (Å²) in [5, 5.41) is 8.48. The Kier molecular flexibility index (Phi) is 6.43. The van der Waals surface area contributed by atoms with E-state index in [9.17, 15) is 22.4 Å². The van der Waals surface area contributed by atoms with Gasteiger partial charge >= 0.3 is 6.18 Å². The minimum absolute atomic E-state index is 0.0579. The summed E-state index contributed by atoms with van der Waals surface area (Å²) < 4.78 is 59.1. The van der Waals surface area contributed by atoms with E-state index >= 15 is 0 Å². The van der Waals surface area contributed by atoms with Gasteiger partial charge in [-0.1, -0.05) is 12.1 Å². The van der Waals surface area contributed by atoms with Gasteiger partial charge in [0, 0.05) is 43.4 Å². The van der Waals surface area contributed by atoms with Crippen molar-refractivity contribution in [2.75, 3.05) is 25.1 Å². The van der Waals surface area contributed by atoms with E-state index in [4.69, 9.17) is 4.74 Å². The third-order valence-electron chi connectivity index (χ3n) is 6.98. The van der Waals surface area contributed by atoms with Crippen LogP contribution in [0.5, 0.6) is 0 Å². The standard InChI is InChI=1S/C27H24F4N6O2/c28-16-5-7-37-22(12-33-24(37)9-16)18-1-3-20(25-19(18)10-34-26(25)38)35-23-4-2-17(15-6-8-39-13-15)21(36-23)11-32-14-27(29,30)31/h1-5,7,9,12,15,32H,6,8,10-11,13-14H2,(H,34,38)(H,35,36). The second-order valence-corrected chi connectivity index (χ2v) is 9.55. The van der Waals surface area contributed by atoms with Crippen molar-refractivity contribution in [1.82, 2.24) is 25.0 Å². The topological polar surface area (TPSA) is 92.6 Å². The van der Waals surface area contributed by atoms with Crippen LogP contribution in [-0.4, -0.2) is 46.2 Å². The van der Waals surface area contributed by atoms with E-state index in [2.05, 4.69) is 25.9 Å². The summed E-state index contributed by atoms with van der Waals surface area (Å²) in [4.78, 5) is 21.8. The molecule has 1 amide bonds. The molecular weight excluding hydrogens is 516 g/mol. The quantitative estimate of drug-likeness (QED) is 0.295. The van der Waals surface area contributed by atoms with E-state index in [1.165, 1.54) is 12.1 Å². The van der Waals surface area contributed by atoms with Crippen molar-refractivity contribution < 1.29 is 27.1 Å². The Labute approximate surface area is 220 Å². The van der Waals surface area contributed by atoms with E-state index in [0.717, 1.165) is 23.1 Å². The highest BCUT2D eigenvalue weighted by Gasteiger charge is 2.29. The second-order valence-electron chi connectivity index (χ2n) is 9.55. The highest BCUT2D eigenvalue weighted by molar-refractivity contribution is 6.06. The predicted octanol–water partition coefficient (Wildman–Crippen LogP) is 4.68. The van der Waals surface area contributed by atoms with Gasteiger partial charge in [0.2, 0.25) is 0 Å². The van der Waals surface area contributed by atoms with Crippen molar-refractivity contribution in [1.29, 1.82) is 0 Å². The molecule has 1 fully saturated rings. The molecule has 1 atom stereocenters. The van der Waals surface area contributed by atoms with Gasteiger partial charge in [0.1, 0.15) is 17.3 Å². The molecule has 1 saturated heterocycles. The van der Waals surface area contributed by atoms with Crippen LogP contribution >= 0.6 is 0 Å². The molecule has 12 heteroatoms. The first kappa shape index (κ1) is 25.3. The van der Waals surface area contributed by atoms with Crippen LogP contribution in [0.2, 0.25) is 0 Å².